The van der Waals surface area contributed by atoms with Crippen LogP contribution < -0.4 is 0 Å². The average molecular weight is 182 g/mol. The minimum absolute atomic E-state index is 0.207. The Bertz CT molecular complexity index is 301. The van der Waals surface area contributed by atoms with Crippen LogP contribution in [-0.2, 0) is 4.74 Å². The SMILES string of the molecule is O[C@@H]1COC[C@H]1c1ccccc1F. The third-order valence-electron chi connectivity index (χ3n) is 2.36. The van der Waals surface area contributed by atoms with E-state index in [1.54, 1.807) is 18.2 Å². The van der Waals surface area contributed by atoms with Gasteiger partial charge in [-0.15, -0.1) is 0 Å². The number of hydrogen-bond acceptors (Lipinski definition) is 2. The summed E-state index contributed by atoms with van der Waals surface area (Å²) in [6, 6.07) is 6.50. The van der Waals surface area contributed by atoms with Crippen molar-refractivity contribution in [3.05, 3.63) is 35.6 Å². The molecule has 3 heteroatoms. The highest BCUT2D eigenvalue weighted by Gasteiger charge is 2.29. The second-order valence-corrected chi connectivity index (χ2v) is 3.23. The number of aliphatic hydroxyl groups excluding tert-OH is 1. The molecule has 0 unspecified atom stereocenters. The van der Waals surface area contributed by atoms with Crippen molar-refractivity contribution in [2.75, 3.05) is 13.2 Å². The zero-order valence-electron chi connectivity index (χ0n) is 7.11. The minimum atomic E-state index is -0.572. The molecule has 1 heterocycles. The van der Waals surface area contributed by atoms with Crippen LogP contribution in [0.2, 0.25) is 0 Å². The maximum absolute atomic E-state index is 13.2. The van der Waals surface area contributed by atoms with E-state index >= 15 is 0 Å². The molecule has 0 bridgehead atoms. The fourth-order valence-electron chi connectivity index (χ4n) is 1.62. The van der Waals surface area contributed by atoms with Gasteiger partial charge in [0.2, 0.25) is 0 Å². The summed E-state index contributed by atoms with van der Waals surface area (Å²) in [7, 11) is 0. The van der Waals surface area contributed by atoms with Gasteiger partial charge < -0.3 is 9.84 Å². The summed E-state index contributed by atoms with van der Waals surface area (Å²) in [5, 5.41) is 9.48. The molecule has 0 aromatic heterocycles. The van der Waals surface area contributed by atoms with Crippen molar-refractivity contribution in [2.45, 2.75) is 12.0 Å². The molecule has 0 aliphatic carbocycles. The molecule has 1 fully saturated rings. The molecule has 0 radical (unpaired) electrons. The van der Waals surface area contributed by atoms with E-state index in [1.165, 1.54) is 6.07 Å². The van der Waals surface area contributed by atoms with E-state index in [4.69, 9.17) is 4.74 Å². The standard InChI is InChI=1S/C10H11FO2/c11-9-4-2-1-3-7(9)8-5-13-6-10(8)12/h1-4,8,10,12H,5-6H2/t8-,10+/m0/s1. The molecule has 70 valence electrons. The first-order valence-corrected chi connectivity index (χ1v) is 4.29. The smallest absolute Gasteiger partial charge is 0.126 e. The normalized spacial score (nSPS) is 27.8. The van der Waals surface area contributed by atoms with Crippen LogP contribution in [-0.4, -0.2) is 24.4 Å². The number of ether oxygens (including phenoxy) is 1. The van der Waals surface area contributed by atoms with Gasteiger partial charge in [-0.25, -0.2) is 4.39 Å². The van der Waals surface area contributed by atoms with Crippen LogP contribution in [0.15, 0.2) is 24.3 Å². The predicted octanol–water partition coefficient (Wildman–Crippen LogP) is 1.30. The molecule has 0 amide bonds. The van der Waals surface area contributed by atoms with Gasteiger partial charge in [-0.05, 0) is 11.6 Å². The molecule has 1 saturated heterocycles. The summed E-state index contributed by atoms with van der Waals surface area (Å²) in [6.45, 7) is 0.709. The predicted molar refractivity (Wildman–Crippen MR) is 46.0 cm³/mol. The van der Waals surface area contributed by atoms with E-state index < -0.39 is 6.10 Å². The molecule has 2 rings (SSSR count). The molecule has 13 heavy (non-hydrogen) atoms. The molecule has 2 nitrogen and oxygen atoms in total. The number of aliphatic hydroxyl groups is 1. The molecule has 1 aliphatic rings. The monoisotopic (exact) mass is 182 g/mol. The van der Waals surface area contributed by atoms with Crippen LogP contribution in [0.25, 0.3) is 0 Å². The first kappa shape index (κ1) is 8.66. The van der Waals surface area contributed by atoms with Gasteiger partial charge in [0.1, 0.15) is 5.82 Å². The highest BCUT2D eigenvalue weighted by molar-refractivity contribution is 5.23. The highest BCUT2D eigenvalue weighted by atomic mass is 19.1. The van der Waals surface area contributed by atoms with Gasteiger partial charge in [0.25, 0.3) is 0 Å². The van der Waals surface area contributed by atoms with Gasteiger partial charge in [-0.2, -0.15) is 0 Å². The summed E-state index contributed by atoms with van der Waals surface area (Å²) >= 11 is 0. The van der Waals surface area contributed by atoms with E-state index in [0.29, 0.717) is 18.8 Å². The highest BCUT2D eigenvalue weighted by Crippen LogP contribution is 2.27. The van der Waals surface area contributed by atoms with E-state index in [-0.39, 0.29) is 11.7 Å². The number of rotatable bonds is 1. The molecular formula is C10H11FO2. The van der Waals surface area contributed by atoms with Crippen molar-refractivity contribution < 1.29 is 14.2 Å². The van der Waals surface area contributed by atoms with Crippen LogP contribution in [0.4, 0.5) is 4.39 Å². The summed E-state index contributed by atoms with van der Waals surface area (Å²) in [4.78, 5) is 0. The zero-order valence-corrected chi connectivity index (χ0v) is 7.11. The van der Waals surface area contributed by atoms with Crippen molar-refractivity contribution in [1.82, 2.24) is 0 Å². The van der Waals surface area contributed by atoms with Crippen LogP contribution in [0.5, 0.6) is 0 Å². The van der Waals surface area contributed by atoms with Crippen LogP contribution in [0.1, 0.15) is 11.5 Å². The lowest BCUT2D eigenvalue weighted by Gasteiger charge is -2.12. The summed E-state index contributed by atoms with van der Waals surface area (Å²) in [5.74, 6) is -0.474. The van der Waals surface area contributed by atoms with Gasteiger partial charge in [-0.3, -0.25) is 0 Å². The molecule has 2 atom stereocenters. The second kappa shape index (κ2) is 3.44. The fraction of sp³-hybridized carbons (Fsp3) is 0.400. The van der Waals surface area contributed by atoms with Gasteiger partial charge in [0.15, 0.2) is 0 Å². The first-order valence-electron chi connectivity index (χ1n) is 4.29. The molecule has 1 aromatic rings. The lowest BCUT2D eigenvalue weighted by Crippen LogP contribution is -2.16. The van der Waals surface area contributed by atoms with E-state index in [0.717, 1.165) is 0 Å². The summed E-state index contributed by atoms with van der Waals surface area (Å²) in [5.41, 5.74) is 0.549. The van der Waals surface area contributed by atoms with Gasteiger partial charge in [0, 0.05) is 5.92 Å². The molecule has 1 aromatic carbocycles. The van der Waals surface area contributed by atoms with Crippen LogP contribution >= 0.6 is 0 Å². The van der Waals surface area contributed by atoms with Crippen molar-refractivity contribution in [3.63, 3.8) is 0 Å². The van der Waals surface area contributed by atoms with E-state index in [2.05, 4.69) is 0 Å². The largest absolute Gasteiger partial charge is 0.390 e. The zero-order chi connectivity index (χ0) is 9.26. The Morgan fingerprint density at radius 1 is 1.31 bits per heavy atom. The Kier molecular flexibility index (Phi) is 2.29. The Balaban J connectivity index is 2.29. The maximum Gasteiger partial charge on any atom is 0.126 e. The van der Waals surface area contributed by atoms with Crippen molar-refractivity contribution >= 4 is 0 Å². The molecule has 0 spiro atoms. The summed E-state index contributed by atoms with van der Waals surface area (Å²) < 4.78 is 18.3. The summed E-state index contributed by atoms with van der Waals surface area (Å²) in [6.07, 6.45) is -0.572. The Hall–Kier alpha value is -0.930. The number of halogens is 1. The third-order valence-corrected chi connectivity index (χ3v) is 2.36. The second-order valence-electron chi connectivity index (χ2n) is 3.23. The fourth-order valence-corrected chi connectivity index (χ4v) is 1.62. The lowest BCUT2D eigenvalue weighted by molar-refractivity contribution is 0.124. The molecule has 0 saturated carbocycles. The van der Waals surface area contributed by atoms with E-state index in [9.17, 15) is 9.50 Å². The lowest BCUT2D eigenvalue weighted by atomic mass is 9.96. The van der Waals surface area contributed by atoms with E-state index in [1.807, 2.05) is 0 Å². The number of hydrogen-bond donors (Lipinski definition) is 1. The van der Waals surface area contributed by atoms with Crippen LogP contribution in [0.3, 0.4) is 0 Å². The quantitative estimate of drug-likeness (QED) is 0.709. The molecule has 1 N–H and O–H groups in total. The molecule has 1 aliphatic heterocycles. The minimum Gasteiger partial charge on any atom is -0.390 e. The molecular weight excluding hydrogens is 171 g/mol. The topological polar surface area (TPSA) is 29.5 Å². The average Bonchev–Trinajstić information content (AvgIpc) is 2.52. The van der Waals surface area contributed by atoms with Gasteiger partial charge in [0.05, 0.1) is 19.3 Å². The Morgan fingerprint density at radius 2 is 2.08 bits per heavy atom. The Morgan fingerprint density at radius 3 is 2.69 bits per heavy atom. The third kappa shape index (κ3) is 1.57. The van der Waals surface area contributed by atoms with Gasteiger partial charge >= 0.3 is 0 Å². The maximum atomic E-state index is 13.2. The first-order chi connectivity index (χ1) is 6.29. The van der Waals surface area contributed by atoms with Crippen molar-refractivity contribution in [3.8, 4) is 0 Å². The number of benzene rings is 1. The van der Waals surface area contributed by atoms with Crippen molar-refractivity contribution in [2.24, 2.45) is 0 Å². The van der Waals surface area contributed by atoms with Gasteiger partial charge in [-0.1, -0.05) is 18.2 Å². The van der Waals surface area contributed by atoms with Crippen LogP contribution in [0, 0.1) is 5.82 Å². The van der Waals surface area contributed by atoms with Crippen molar-refractivity contribution in [1.29, 1.82) is 0 Å². The Labute approximate surface area is 76.0 Å².